The number of nitrogens with two attached hydrogens (primary N) is 1. The first-order valence-corrected chi connectivity index (χ1v) is 5.70. The van der Waals surface area contributed by atoms with E-state index in [1.54, 1.807) is 18.2 Å². The highest BCUT2D eigenvalue weighted by Crippen LogP contribution is 2.18. The zero-order chi connectivity index (χ0) is 13.2. The van der Waals surface area contributed by atoms with Crippen LogP contribution < -0.4 is 11.1 Å². The van der Waals surface area contributed by atoms with Crippen molar-refractivity contribution in [3.8, 4) is 5.75 Å². The van der Waals surface area contributed by atoms with Gasteiger partial charge in [-0.05, 0) is 17.7 Å². The van der Waals surface area contributed by atoms with Gasteiger partial charge in [-0.1, -0.05) is 12.1 Å². The van der Waals surface area contributed by atoms with E-state index in [2.05, 4.69) is 25.3 Å². The van der Waals surface area contributed by atoms with Gasteiger partial charge in [0.1, 0.15) is 17.6 Å². The molecule has 7 heteroatoms. The number of hydrogen-bond acceptors (Lipinski definition) is 6. The van der Waals surface area contributed by atoms with Crippen LogP contribution in [0.15, 0.2) is 30.6 Å². The summed E-state index contributed by atoms with van der Waals surface area (Å²) >= 11 is 0. The van der Waals surface area contributed by atoms with Crippen LogP contribution in [0.2, 0.25) is 0 Å². The Kier molecular flexibility index (Phi) is 2.64. The van der Waals surface area contributed by atoms with Crippen LogP contribution in [-0.4, -0.2) is 25.0 Å². The second-order valence-corrected chi connectivity index (χ2v) is 4.07. The van der Waals surface area contributed by atoms with Crippen LogP contribution in [0.4, 0.5) is 11.8 Å². The molecule has 96 valence electrons. The number of rotatable bonds is 3. The molecule has 3 rings (SSSR count). The number of fused-ring (bicyclic) bond motifs is 1. The summed E-state index contributed by atoms with van der Waals surface area (Å²) in [5, 5.41) is 12.6. The fraction of sp³-hybridized carbons (Fsp3) is 0.0833. The first-order valence-electron chi connectivity index (χ1n) is 5.70. The Morgan fingerprint density at radius 1 is 1.32 bits per heavy atom. The SMILES string of the molecule is Nc1nc2ncnc(NCc3cccc(O)c3)c2[nH]1. The van der Waals surface area contributed by atoms with Gasteiger partial charge in [0.15, 0.2) is 17.4 Å². The van der Waals surface area contributed by atoms with Gasteiger partial charge in [-0.2, -0.15) is 4.98 Å². The van der Waals surface area contributed by atoms with E-state index in [1.807, 2.05) is 6.07 Å². The van der Waals surface area contributed by atoms with E-state index in [0.29, 0.717) is 29.5 Å². The van der Waals surface area contributed by atoms with Gasteiger partial charge in [-0.15, -0.1) is 0 Å². The van der Waals surface area contributed by atoms with Crippen LogP contribution in [0, 0.1) is 0 Å². The third-order valence-electron chi connectivity index (χ3n) is 2.68. The molecule has 0 saturated heterocycles. The number of aromatic nitrogens is 4. The van der Waals surface area contributed by atoms with Gasteiger partial charge in [-0.25, -0.2) is 9.97 Å². The molecule has 1 aromatic carbocycles. The highest BCUT2D eigenvalue weighted by Gasteiger charge is 2.07. The smallest absolute Gasteiger partial charge is 0.200 e. The summed E-state index contributed by atoms with van der Waals surface area (Å²) in [6.45, 7) is 0.527. The van der Waals surface area contributed by atoms with E-state index in [4.69, 9.17) is 5.73 Å². The quantitative estimate of drug-likeness (QED) is 0.561. The molecule has 0 bridgehead atoms. The first kappa shape index (κ1) is 11.3. The van der Waals surface area contributed by atoms with Gasteiger partial charge in [0.05, 0.1) is 0 Å². The van der Waals surface area contributed by atoms with Crippen molar-refractivity contribution in [2.45, 2.75) is 6.54 Å². The molecule has 0 aliphatic carbocycles. The molecular formula is C12H12N6O. The maximum Gasteiger partial charge on any atom is 0.200 e. The predicted octanol–water partition coefficient (Wildman–Crippen LogP) is 1.25. The molecule has 19 heavy (non-hydrogen) atoms. The summed E-state index contributed by atoms with van der Waals surface area (Å²) in [7, 11) is 0. The third-order valence-corrected chi connectivity index (χ3v) is 2.68. The van der Waals surface area contributed by atoms with Crippen LogP contribution in [0.5, 0.6) is 5.75 Å². The van der Waals surface area contributed by atoms with Gasteiger partial charge in [0.25, 0.3) is 0 Å². The Morgan fingerprint density at radius 3 is 3.05 bits per heavy atom. The average molecular weight is 256 g/mol. The number of imidazole rings is 1. The number of nitrogen functional groups attached to an aromatic ring is 1. The lowest BCUT2D eigenvalue weighted by molar-refractivity contribution is 0.474. The zero-order valence-corrected chi connectivity index (χ0v) is 9.96. The molecule has 0 fully saturated rings. The average Bonchev–Trinajstić information content (AvgIpc) is 2.77. The topological polar surface area (TPSA) is 113 Å². The summed E-state index contributed by atoms with van der Waals surface area (Å²) in [5.74, 6) is 1.16. The summed E-state index contributed by atoms with van der Waals surface area (Å²) in [6, 6.07) is 7.01. The zero-order valence-electron chi connectivity index (χ0n) is 9.96. The number of phenolic OH excluding ortho intramolecular Hbond substituents is 1. The Hall–Kier alpha value is -2.83. The Morgan fingerprint density at radius 2 is 2.21 bits per heavy atom. The number of nitrogens with zero attached hydrogens (tertiary/aromatic N) is 3. The summed E-state index contributed by atoms with van der Waals surface area (Å²) in [4.78, 5) is 15.1. The second kappa shape index (κ2) is 4.45. The number of hydrogen-bond donors (Lipinski definition) is 4. The number of H-pyrrole nitrogens is 1. The summed E-state index contributed by atoms with van der Waals surface area (Å²) in [5.41, 5.74) is 7.72. The van der Waals surface area contributed by atoms with Crippen molar-refractivity contribution in [1.82, 2.24) is 19.9 Å². The van der Waals surface area contributed by atoms with Gasteiger partial charge in [0.2, 0.25) is 0 Å². The van der Waals surface area contributed by atoms with Crippen molar-refractivity contribution >= 4 is 22.9 Å². The molecule has 2 aromatic heterocycles. The fourth-order valence-electron chi connectivity index (χ4n) is 1.83. The third kappa shape index (κ3) is 2.25. The van der Waals surface area contributed by atoms with E-state index in [1.165, 1.54) is 6.33 Å². The van der Waals surface area contributed by atoms with Gasteiger partial charge < -0.3 is 21.1 Å². The van der Waals surface area contributed by atoms with E-state index in [9.17, 15) is 5.11 Å². The fourth-order valence-corrected chi connectivity index (χ4v) is 1.83. The second-order valence-electron chi connectivity index (χ2n) is 4.07. The van der Waals surface area contributed by atoms with Crippen LogP contribution in [0.25, 0.3) is 11.2 Å². The molecule has 0 spiro atoms. The molecule has 0 unspecified atom stereocenters. The highest BCUT2D eigenvalue weighted by atomic mass is 16.3. The van der Waals surface area contributed by atoms with Gasteiger partial charge >= 0.3 is 0 Å². The molecule has 0 aliphatic heterocycles. The summed E-state index contributed by atoms with van der Waals surface area (Å²) in [6.07, 6.45) is 1.42. The Balaban J connectivity index is 1.85. The lowest BCUT2D eigenvalue weighted by Gasteiger charge is -2.06. The highest BCUT2D eigenvalue weighted by molar-refractivity contribution is 5.83. The van der Waals surface area contributed by atoms with E-state index in [-0.39, 0.29) is 5.75 Å². The molecule has 0 atom stereocenters. The first-order chi connectivity index (χ1) is 9.22. The lowest BCUT2D eigenvalue weighted by Crippen LogP contribution is -2.02. The van der Waals surface area contributed by atoms with Gasteiger partial charge in [0, 0.05) is 6.54 Å². The number of aromatic hydroxyl groups is 1. The number of benzene rings is 1. The molecule has 0 radical (unpaired) electrons. The minimum Gasteiger partial charge on any atom is -0.508 e. The molecule has 7 nitrogen and oxygen atoms in total. The van der Waals surface area contributed by atoms with Crippen molar-refractivity contribution in [1.29, 1.82) is 0 Å². The van der Waals surface area contributed by atoms with Crippen molar-refractivity contribution in [2.75, 3.05) is 11.1 Å². The van der Waals surface area contributed by atoms with Crippen LogP contribution in [0.1, 0.15) is 5.56 Å². The number of phenols is 1. The van der Waals surface area contributed by atoms with Gasteiger partial charge in [-0.3, -0.25) is 0 Å². The minimum atomic E-state index is 0.234. The van der Waals surface area contributed by atoms with Crippen molar-refractivity contribution in [3.05, 3.63) is 36.2 Å². The van der Waals surface area contributed by atoms with E-state index >= 15 is 0 Å². The van der Waals surface area contributed by atoms with E-state index < -0.39 is 0 Å². The normalized spacial score (nSPS) is 10.7. The molecule has 3 aromatic rings. The maximum atomic E-state index is 9.40. The predicted molar refractivity (Wildman–Crippen MR) is 71.5 cm³/mol. The number of aromatic amines is 1. The lowest BCUT2D eigenvalue weighted by atomic mass is 10.2. The Labute approximate surface area is 108 Å². The van der Waals surface area contributed by atoms with Crippen molar-refractivity contribution < 1.29 is 5.11 Å². The largest absolute Gasteiger partial charge is 0.508 e. The standard InChI is InChI=1S/C12H12N6O/c13-12-17-9-10(15-6-16-11(9)18-12)14-5-7-2-1-3-8(19)4-7/h1-4,6,19H,5H2,(H4,13,14,15,16,17,18). The maximum absolute atomic E-state index is 9.40. The molecule has 0 aliphatic rings. The Bertz CT molecular complexity index is 723. The van der Waals surface area contributed by atoms with Crippen LogP contribution in [0.3, 0.4) is 0 Å². The molecule has 2 heterocycles. The van der Waals surface area contributed by atoms with Crippen LogP contribution in [-0.2, 0) is 6.54 Å². The summed E-state index contributed by atoms with van der Waals surface area (Å²) < 4.78 is 0. The van der Waals surface area contributed by atoms with Crippen LogP contribution >= 0.6 is 0 Å². The monoisotopic (exact) mass is 256 g/mol. The molecule has 5 N–H and O–H groups in total. The van der Waals surface area contributed by atoms with E-state index in [0.717, 1.165) is 5.56 Å². The number of anilines is 2. The molecule has 0 amide bonds. The van der Waals surface area contributed by atoms with Crippen molar-refractivity contribution in [2.24, 2.45) is 0 Å². The molecular weight excluding hydrogens is 244 g/mol. The number of nitrogens with one attached hydrogen (secondary N) is 2. The molecule has 0 saturated carbocycles. The van der Waals surface area contributed by atoms with Crippen molar-refractivity contribution in [3.63, 3.8) is 0 Å². The minimum absolute atomic E-state index is 0.234.